The van der Waals surface area contributed by atoms with Crippen LogP contribution in [-0.4, -0.2) is 108 Å². The van der Waals surface area contributed by atoms with Gasteiger partial charge in [-0.3, -0.25) is 4.79 Å². The van der Waals surface area contributed by atoms with Gasteiger partial charge in [-0.2, -0.15) is 83.4 Å². The van der Waals surface area contributed by atoms with E-state index < -0.39 is 115 Å². The molecule has 0 atom stereocenters. The Balaban J connectivity index is 6.52. The highest BCUT2D eigenvalue weighted by molar-refractivity contribution is 6.90. The summed E-state index contributed by atoms with van der Waals surface area (Å²) in [7, 11) is -14.5. The minimum Gasteiger partial charge on any atom is -0.437 e. The highest BCUT2D eigenvalue weighted by Gasteiger charge is 2.97. The third-order valence-corrected chi connectivity index (χ3v) is 24.0. The molecule has 0 rings (SSSR count). The zero-order valence-electron chi connectivity index (χ0n) is 30.3. The fraction of sp³-hybridized carbons (Fsp3) is 0.958. The number of alkyl halides is 19. The maximum absolute atomic E-state index is 14.4. The lowest BCUT2D eigenvalue weighted by molar-refractivity contribution is -0.467. The van der Waals surface area contributed by atoms with Crippen LogP contribution in [0.2, 0.25) is 78.1 Å². The maximum Gasteiger partial charge on any atom is 0.460 e. The first-order chi connectivity index (χ1) is 23.0. The van der Waals surface area contributed by atoms with Crippen LogP contribution in [0, 0.1) is 0 Å². The minimum absolute atomic E-state index is 0.335. The molecule has 1 N–H and O–H groups in total. The van der Waals surface area contributed by atoms with Crippen molar-refractivity contribution in [2.45, 2.75) is 138 Å². The van der Waals surface area contributed by atoms with Crippen LogP contribution in [0.15, 0.2) is 0 Å². The third-order valence-electron chi connectivity index (χ3n) is 6.52. The Morgan fingerprint density at radius 3 is 1.00 bits per heavy atom. The molecule has 0 aliphatic rings. The normalized spacial score (nSPS) is 16.2. The second kappa shape index (κ2) is 15.3. The van der Waals surface area contributed by atoms with Crippen LogP contribution >= 0.6 is 0 Å². The first kappa shape index (κ1) is 53.1. The molecule has 0 saturated heterocycles. The molecule has 0 saturated carbocycles. The molecule has 0 aliphatic carbocycles. The van der Waals surface area contributed by atoms with Gasteiger partial charge in [-0.15, -0.1) is 0 Å². The standard InChI is InChI=1S/C24H40F19NO5Si5/c1-50(2,3)46-52(7,8)48-54(11,49-53(9,10)47-51(4,5)6)14-12-13-44-15(45)16(25,26)17(27,28)18(29,30)19(31,32)20(33,34)21(35,36)22(37,38)23(39,40)24(41,42)43/h12-14H2,1-11H3,(H,44,45). The number of carbonyl (C=O) groups is 1. The first-order valence-corrected chi connectivity index (χ1v) is 30.1. The van der Waals surface area contributed by atoms with Crippen molar-refractivity contribution < 1.29 is 105 Å². The molecule has 324 valence electrons. The van der Waals surface area contributed by atoms with Crippen molar-refractivity contribution in [3.8, 4) is 0 Å². The van der Waals surface area contributed by atoms with Crippen molar-refractivity contribution in [2.24, 2.45) is 0 Å². The number of hydrogen-bond acceptors (Lipinski definition) is 5. The molecule has 0 fully saturated rings. The largest absolute Gasteiger partial charge is 0.460 e. The Morgan fingerprint density at radius 1 is 0.444 bits per heavy atom. The van der Waals surface area contributed by atoms with Gasteiger partial charge in [0.05, 0.1) is 0 Å². The lowest BCUT2D eigenvalue weighted by atomic mass is 9.87. The number of carbonyl (C=O) groups excluding carboxylic acids is 1. The number of amides is 1. The van der Waals surface area contributed by atoms with Crippen LogP contribution in [0.5, 0.6) is 0 Å². The van der Waals surface area contributed by atoms with E-state index >= 15 is 0 Å². The van der Waals surface area contributed by atoms with Gasteiger partial charge in [-0.1, -0.05) is 0 Å². The molecule has 30 heteroatoms. The van der Waals surface area contributed by atoms with E-state index in [2.05, 4.69) is 0 Å². The molecule has 0 bridgehead atoms. The second-order valence-electron chi connectivity index (χ2n) is 15.0. The monoisotopic (exact) mass is 923 g/mol. The summed E-state index contributed by atoms with van der Waals surface area (Å²) in [5.74, 6) is -72.2. The molecule has 0 aromatic heterocycles. The van der Waals surface area contributed by atoms with E-state index in [1.807, 2.05) is 0 Å². The van der Waals surface area contributed by atoms with Crippen molar-refractivity contribution in [3.63, 3.8) is 0 Å². The fourth-order valence-electron chi connectivity index (χ4n) is 4.91. The summed E-state index contributed by atoms with van der Waals surface area (Å²) in [5, 5.41) is 0.915. The summed E-state index contributed by atoms with van der Waals surface area (Å²) in [6, 6.07) is -0.335. The Hall–Kier alpha value is -0.936. The molecule has 0 heterocycles. The molecule has 0 aromatic rings. The minimum atomic E-state index is -9.07. The zero-order valence-corrected chi connectivity index (χ0v) is 35.3. The predicted molar refractivity (Wildman–Crippen MR) is 166 cm³/mol. The van der Waals surface area contributed by atoms with Gasteiger partial charge in [-0.25, -0.2) is 0 Å². The van der Waals surface area contributed by atoms with Crippen molar-refractivity contribution in [1.29, 1.82) is 0 Å². The molecule has 0 aromatic carbocycles. The second-order valence-corrected chi connectivity index (χ2v) is 35.1. The van der Waals surface area contributed by atoms with Gasteiger partial charge in [0.2, 0.25) is 0 Å². The summed E-state index contributed by atoms with van der Waals surface area (Å²) in [5.41, 5.74) is 0. The molecule has 0 aliphatic heterocycles. The fourth-order valence-corrected chi connectivity index (χ4v) is 28.3. The molecular weight excluding hydrogens is 884 g/mol. The Morgan fingerprint density at radius 2 is 0.722 bits per heavy atom. The number of nitrogens with one attached hydrogen (secondary N) is 1. The van der Waals surface area contributed by atoms with Crippen molar-refractivity contribution >= 4 is 48.2 Å². The highest BCUT2D eigenvalue weighted by Crippen LogP contribution is 2.65. The van der Waals surface area contributed by atoms with E-state index in [0.29, 0.717) is 0 Å². The first-order valence-electron chi connectivity index (χ1n) is 15.1. The van der Waals surface area contributed by atoms with Crippen LogP contribution in [0.1, 0.15) is 6.42 Å². The third kappa shape index (κ3) is 10.8. The summed E-state index contributed by atoms with van der Waals surface area (Å²) in [6.45, 7) is 17.5. The van der Waals surface area contributed by atoms with Gasteiger partial charge in [0, 0.05) is 6.54 Å². The predicted octanol–water partition coefficient (Wildman–Crippen LogP) is 10.3. The van der Waals surface area contributed by atoms with Gasteiger partial charge < -0.3 is 21.8 Å². The van der Waals surface area contributed by atoms with Gasteiger partial charge in [-0.05, 0) is 84.5 Å². The lowest BCUT2D eigenvalue weighted by Crippen LogP contribution is -2.76. The topological polar surface area (TPSA) is 66.0 Å². The SMILES string of the molecule is C[Si](C)(C)O[Si](C)(C)O[Si](C)(CCCNC(=O)C(F)(F)C(F)(F)C(F)(F)C(F)(F)C(F)(F)C(F)(F)C(F)(F)C(F)(F)C(F)(F)F)O[Si](C)(C)O[Si](C)(C)C. The average molecular weight is 924 g/mol. The molecular formula is C24H40F19NO5Si5. The average Bonchev–Trinajstić information content (AvgIpc) is 2.85. The van der Waals surface area contributed by atoms with E-state index in [4.69, 9.17) is 16.5 Å². The highest BCUT2D eigenvalue weighted by atomic mass is 28.5. The number of hydrogen-bond donors (Lipinski definition) is 1. The van der Waals surface area contributed by atoms with Crippen LogP contribution in [0.4, 0.5) is 83.4 Å². The Bertz CT molecular complexity index is 1290. The molecule has 0 spiro atoms. The van der Waals surface area contributed by atoms with Gasteiger partial charge in [0.25, 0.3) is 5.91 Å². The lowest BCUT2D eigenvalue weighted by Gasteiger charge is -2.43. The quantitative estimate of drug-likeness (QED) is 0.0749. The van der Waals surface area contributed by atoms with Crippen LogP contribution in [-0.2, 0) is 21.3 Å². The van der Waals surface area contributed by atoms with Crippen LogP contribution in [0.3, 0.4) is 0 Å². The van der Waals surface area contributed by atoms with Crippen LogP contribution in [0.25, 0.3) is 0 Å². The number of rotatable bonds is 20. The van der Waals surface area contributed by atoms with E-state index in [9.17, 15) is 88.2 Å². The van der Waals surface area contributed by atoms with Crippen molar-refractivity contribution in [1.82, 2.24) is 5.32 Å². The summed E-state index contributed by atoms with van der Waals surface area (Å²) in [4.78, 5) is 12.0. The molecule has 6 nitrogen and oxygen atoms in total. The smallest absolute Gasteiger partial charge is 0.437 e. The summed E-state index contributed by atoms with van der Waals surface area (Å²) >= 11 is 0. The molecule has 0 radical (unpaired) electrons. The van der Waals surface area contributed by atoms with Gasteiger partial charge >= 0.3 is 79.2 Å². The Labute approximate surface area is 302 Å². The zero-order chi connectivity index (χ0) is 44.2. The molecule has 1 amide bonds. The van der Waals surface area contributed by atoms with Crippen molar-refractivity contribution in [3.05, 3.63) is 0 Å². The summed E-state index contributed by atoms with van der Waals surface area (Å²) in [6.07, 6.45) is -8.58. The van der Waals surface area contributed by atoms with E-state index in [-0.39, 0.29) is 6.04 Å². The molecule has 54 heavy (non-hydrogen) atoms. The van der Waals surface area contributed by atoms with E-state index in [0.717, 1.165) is 5.32 Å². The number of halogens is 19. The summed E-state index contributed by atoms with van der Waals surface area (Å²) < 4.78 is 284. The maximum atomic E-state index is 14.4. The van der Waals surface area contributed by atoms with Crippen molar-refractivity contribution in [2.75, 3.05) is 6.54 Å². The molecule has 0 unspecified atom stereocenters. The van der Waals surface area contributed by atoms with Crippen LogP contribution < -0.4 is 5.32 Å². The van der Waals surface area contributed by atoms with Gasteiger partial charge in [0.1, 0.15) is 0 Å². The Kier molecular flexibility index (Phi) is 15.1. The van der Waals surface area contributed by atoms with E-state index in [1.54, 1.807) is 65.5 Å². The van der Waals surface area contributed by atoms with Gasteiger partial charge in [0.15, 0.2) is 16.6 Å². The van der Waals surface area contributed by atoms with E-state index in [1.165, 1.54) is 6.55 Å².